The number of allylic oxidation sites excluding steroid dienone is 4. The van der Waals surface area contributed by atoms with Crippen LogP contribution in [0.4, 0.5) is 0 Å². The van der Waals surface area contributed by atoms with Crippen molar-refractivity contribution in [3.05, 3.63) is 131 Å². The molecule has 0 aliphatic rings. The van der Waals surface area contributed by atoms with Crippen LogP contribution in [0.25, 0.3) is 0 Å². The highest BCUT2D eigenvalue weighted by Gasteiger charge is 2.29. The Balaban J connectivity index is 2.93. The van der Waals surface area contributed by atoms with Crippen LogP contribution in [0.15, 0.2) is 97.2 Å². The zero-order chi connectivity index (χ0) is 32.8. The van der Waals surface area contributed by atoms with Gasteiger partial charge in [0, 0.05) is 16.6 Å². The maximum Gasteiger partial charge on any atom is 0.338 e. The molecule has 0 N–H and O–H groups in total. The summed E-state index contributed by atoms with van der Waals surface area (Å²) < 4.78 is 11.8. The minimum Gasteiger partial charge on any atom is -0.423 e. The molecule has 228 valence electrons. The molecule has 0 fully saturated rings. The van der Waals surface area contributed by atoms with E-state index in [0.717, 1.165) is 55.7 Å². The van der Waals surface area contributed by atoms with Gasteiger partial charge in [0.05, 0.1) is 0 Å². The van der Waals surface area contributed by atoms with Crippen molar-refractivity contribution in [2.24, 2.45) is 0 Å². The Bertz CT molecular complexity index is 1340. The van der Waals surface area contributed by atoms with Crippen molar-refractivity contribution in [1.29, 1.82) is 0 Å². The summed E-state index contributed by atoms with van der Waals surface area (Å²) in [4.78, 5) is 25.3. The van der Waals surface area contributed by atoms with Gasteiger partial charge in [0.2, 0.25) is 0 Å². The van der Waals surface area contributed by atoms with Gasteiger partial charge in [-0.3, -0.25) is 0 Å². The molecule has 0 atom stereocenters. The minimum atomic E-state index is -0.491. The molecule has 43 heavy (non-hydrogen) atoms. The Morgan fingerprint density at radius 3 is 0.953 bits per heavy atom. The van der Waals surface area contributed by atoms with Crippen LogP contribution in [0.3, 0.4) is 0 Å². The number of hydrogen-bond donors (Lipinski definition) is 0. The van der Waals surface area contributed by atoms with Crippen LogP contribution < -0.4 is 9.47 Å². The van der Waals surface area contributed by atoms with Crippen molar-refractivity contribution in [3.63, 3.8) is 0 Å². The van der Waals surface area contributed by atoms with E-state index in [4.69, 9.17) is 9.47 Å². The van der Waals surface area contributed by atoms with E-state index in [9.17, 15) is 9.59 Å². The lowest BCUT2D eigenvalue weighted by Crippen LogP contribution is -2.22. The van der Waals surface area contributed by atoms with Crippen LogP contribution in [0.1, 0.15) is 88.8 Å². The summed E-state index contributed by atoms with van der Waals surface area (Å²) in [5.74, 6) is 0.136. The predicted molar refractivity (Wildman–Crippen MR) is 180 cm³/mol. The number of hydrogen-bond acceptors (Lipinski definition) is 4. The van der Waals surface area contributed by atoms with Crippen LogP contribution in [0.5, 0.6) is 11.5 Å². The number of carbonyl (C=O) groups is 2. The summed E-state index contributed by atoms with van der Waals surface area (Å²) in [5.41, 5.74) is 9.54. The van der Waals surface area contributed by atoms with Crippen LogP contribution in [0.2, 0.25) is 0 Å². The van der Waals surface area contributed by atoms with Gasteiger partial charge in [-0.15, -0.1) is 0 Å². The van der Waals surface area contributed by atoms with E-state index < -0.39 is 17.4 Å². The van der Waals surface area contributed by atoms with E-state index in [0.29, 0.717) is 48.3 Å². The Kier molecular flexibility index (Phi) is 11.7. The number of ether oxygens (including phenoxy) is 2. The molecule has 0 aliphatic carbocycles. The highest BCUT2D eigenvalue weighted by Crippen LogP contribution is 2.41. The topological polar surface area (TPSA) is 52.6 Å². The lowest BCUT2D eigenvalue weighted by molar-refractivity contribution is -0.131. The smallest absolute Gasteiger partial charge is 0.338 e. The molecule has 0 radical (unpaired) electrons. The van der Waals surface area contributed by atoms with E-state index in [1.165, 1.54) is 0 Å². The second-order valence-corrected chi connectivity index (χ2v) is 12.7. The molecule has 0 heterocycles. The van der Waals surface area contributed by atoms with E-state index in [1.54, 1.807) is 13.8 Å². The van der Waals surface area contributed by atoms with Crippen molar-refractivity contribution in [1.82, 2.24) is 0 Å². The van der Waals surface area contributed by atoms with Gasteiger partial charge in [-0.25, -0.2) is 9.59 Å². The molecule has 2 aromatic carbocycles. The van der Waals surface area contributed by atoms with Crippen molar-refractivity contribution in [2.75, 3.05) is 0 Å². The lowest BCUT2D eigenvalue weighted by Gasteiger charge is -2.30. The van der Waals surface area contributed by atoms with Crippen LogP contribution in [-0.2, 0) is 40.7 Å². The average molecular weight is 581 g/mol. The summed E-state index contributed by atoms with van der Waals surface area (Å²) >= 11 is 0. The summed E-state index contributed by atoms with van der Waals surface area (Å²) in [5, 5.41) is 0. The van der Waals surface area contributed by atoms with Crippen LogP contribution >= 0.6 is 0 Å². The van der Waals surface area contributed by atoms with Gasteiger partial charge in [-0.1, -0.05) is 99.9 Å². The third-order valence-corrected chi connectivity index (χ3v) is 6.98. The zero-order valence-electron chi connectivity index (χ0n) is 27.5. The highest BCUT2D eigenvalue weighted by atomic mass is 16.5. The van der Waals surface area contributed by atoms with Gasteiger partial charge < -0.3 is 9.47 Å². The maximum atomic E-state index is 12.7. The van der Waals surface area contributed by atoms with Gasteiger partial charge in [-0.05, 0) is 101 Å². The second-order valence-electron chi connectivity index (χ2n) is 12.7. The molecule has 2 rings (SSSR count). The normalized spacial score (nSPS) is 11.0. The van der Waals surface area contributed by atoms with Crippen molar-refractivity contribution in [3.8, 4) is 11.5 Å². The molecule has 4 heteroatoms. The fourth-order valence-corrected chi connectivity index (χ4v) is 4.84. The summed E-state index contributed by atoms with van der Waals surface area (Å²) in [7, 11) is 0. The molecule has 0 aromatic heterocycles. The number of esters is 2. The first-order valence-corrected chi connectivity index (χ1v) is 14.5. The molecule has 0 saturated carbocycles. The molecular weight excluding hydrogens is 532 g/mol. The fraction of sp³-hybridized carbons (Fsp3) is 0.333. The third kappa shape index (κ3) is 9.41. The van der Waals surface area contributed by atoms with Gasteiger partial charge >= 0.3 is 11.9 Å². The minimum absolute atomic E-state index is 0.328. The SMILES string of the molecule is C=C(C)Cc1cc(C(C)(C)c2cc(CC(=C)C)c(OC(=O)C(=C)C)c(CC(=C)C)c2)cc(CC(=C)C)c1OC(=O)C(=C)C. The van der Waals surface area contributed by atoms with Gasteiger partial charge in [0.1, 0.15) is 11.5 Å². The lowest BCUT2D eigenvalue weighted by atomic mass is 9.74. The molecule has 0 spiro atoms. The standard InChI is InChI=1S/C39H48O4/c1-23(2)15-29-19-33(20-30(16-24(3)4)35(29)42-37(40)27(9)10)39(13,14)34-21-31(17-25(5)6)36(43-38(41)28(11)12)32(22-34)18-26(7)8/h19-22H,1,3,5,7,9,11,15-18H2,2,4,6,8,10,12-14H3. The first-order chi connectivity index (χ1) is 19.8. The molecule has 0 aliphatic heterocycles. The van der Waals surface area contributed by atoms with Crippen LogP contribution in [-0.4, -0.2) is 11.9 Å². The largest absolute Gasteiger partial charge is 0.423 e. The van der Waals surface area contributed by atoms with Gasteiger partial charge in [-0.2, -0.15) is 0 Å². The monoisotopic (exact) mass is 580 g/mol. The van der Waals surface area contributed by atoms with E-state index >= 15 is 0 Å². The summed E-state index contributed by atoms with van der Waals surface area (Å²) in [6.07, 6.45) is 2.18. The Labute approximate surface area is 259 Å². The third-order valence-electron chi connectivity index (χ3n) is 6.98. The van der Waals surface area contributed by atoms with E-state index in [1.807, 2.05) is 27.7 Å². The first-order valence-electron chi connectivity index (χ1n) is 14.5. The Morgan fingerprint density at radius 1 is 0.535 bits per heavy atom. The first kappa shape index (κ1) is 35.0. The molecule has 0 amide bonds. The van der Waals surface area contributed by atoms with E-state index in [-0.39, 0.29) is 0 Å². The Hall–Kier alpha value is -4.18. The highest BCUT2D eigenvalue weighted by molar-refractivity contribution is 5.90. The van der Waals surface area contributed by atoms with Gasteiger partial charge in [0.15, 0.2) is 0 Å². The molecule has 0 bridgehead atoms. The van der Waals surface area contributed by atoms with Crippen molar-refractivity contribution < 1.29 is 19.1 Å². The average Bonchev–Trinajstić information content (AvgIpc) is 2.85. The quantitative estimate of drug-likeness (QED) is 0.0966. The molecular formula is C39H48O4. The van der Waals surface area contributed by atoms with Crippen molar-refractivity contribution in [2.45, 2.75) is 86.5 Å². The van der Waals surface area contributed by atoms with Crippen LogP contribution in [0, 0.1) is 0 Å². The zero-order valence-corrected chi connectivity index (χ0v) is 27.5. The van der Waals surface area contributed by atoms with Crippen molar-refractivity contribution >= 4 is 11.9 Å². The predicted octanol–water partition coefficient (Wildman–Crippen LogP) is 9.45. The fourth-order valence-electron chi connectivity index (χ4n) is 4.84. The maximum absolute atomic E-state index is 12.7. The Morgan fingerprint density at radius 2 is 0.767 bits per heavy atom. The number of rotatable bonds is 14. The summed E-state index contributed by atoms with van der Waals surface area (Å²) in [6.45, 7) is 39.5. The molecule has 0 saturated heterocycles. The number of carbonyl (C=O) groups excluding carboxylic acids is 2. The molecule has 4 nitrogen and oxygen atoms in total. The van der Waals surface area contributed by atoms with E-state index in [2.05, 4.69) is 77.6 Å². The number of benzene rings is 2. The molecule has 0 unspecified atom stereocenters. The second kappa shape index (κ2) is 14.3. The molecule has 2 aromatic rings. The summed E-state index contributed by atoms with van der Waals surface area (Å²) in [6, 6.07) is 8.40. The van der Waals surface area contributed by atoms with Gasteiger partial charge in [0.25, 0.3) is 0 Å².